The highest BCUT2D eigenvalue weighted by atomic mass is 79.9. The van der Waals surface area contributed by atoms with Gasteiger partial charge in [-0.25, -0.2) is 4.98 Å². The van der Waals surface area contributed by atoms with Gasteiger partial charge in [-0.3, -0.25) is 0 Å². The zero-order valence-corrected chi connectivity index (χ0v) is 11.3. The fraction of sp³-hybridized carbons (Fsp3) is 0.154. The van der Waals surface area contributed by atoms with Crippen molar-refractivity contribution >= 4 is 27.4 Å². The number of pyridine rings is 1. The first kappa shape index (κ1) is 11.9. The van der Waals surface area contributed by atoms with Crippen LogP contribution in [0.4, 0.5) is 11.5 Å². The van der Waals surface area contributed by atoms with E-state index >= 15 is 0 Å². The average Bonchev–Trinajstić information content (AvgIpc) is 2.39. The van der Waals surface area contributed by atoms with E-state index in [1.165, 1.54) is 0 Å². The molecule has 2 rings (SSSR count). The van der Waals surface area contributed by atoms with Crippen molar-refractivity contribution in [1.29, 1.82) is 0 Å². The van der Waals surface area contributed by atoms with Gasteiger partial charge in [0, 0.05) is 18.9 Å². The van der Waals surface area contributed by atoms with Gasteiger partial charge in [-0.1, -0.05) is 0 Å². The Morgan fingerprint density at radius 1 is 1.18 bits per heavy atom. The normalized spacial score (nSPS) is 10.1. The van der Waals surface area contributed by atoms with E-state index in [1.807, 2.05) is 48.3 Å². The van der Waals surface area contributed by atoms with Gasteiger partial charge >= 0.3 is 0 Å². The number of anilines is 2. The molecule has 0 radical (unpaired) electrons. The second-order valence-electron chi connectivity index (χ2n) is 3.57. The lowest BCUT2D eigenvalue weighted by atomic mass is 10.3. The molecule has 0 amide bonds. The molecule has 1 heterocycles. The summed E-state index contributed by atoms with van der Waals surface area (Å²) in [6.45, 7) is 0. The summed E-state index contributed by atoms with van der Waals surface area (Å²) >= 11 is 3.49. The third kappa shape index (κ3) is 2.58. The Balaban J connectivity index is 2.30. The first-order valence-corrected chi connectivity index (χ1v) is 6.00. The minimum Gasteiger partial charge on any atom is -0.497 e. The maximum absolute atomic E-state index is 5.13. The third-order valence-corrected chi connectivity index (χ3v) is 3.14. The lowest BCUT2D eigenvalue weighted by molar-refractivity contribution is 0.415. The Morgan fingerprint density at radius 3 is 2.47 bits per heavy atom. The Morgan fingerprint density at radius 2 is 1.88 bits per heavy atom. The van der Waals surface area contributed by atoms with Crippen molar-refractivity contribution in [2.24, 2.45) is 0 Å². The molecule has 0 saturated heterocycles. The fourth-order valence-corrected chi connectivity index (χ4v) is 2.07. The highest BCUT2D eigenvalue weighted by Gasteiger charge is 2.08. The number of hydrogen-bond acceptors (Lipinski definition) is 3. The zero-order valence-electron chi connectivity index (χ0n) is 9.72. The highest BCUT2D eigenvalue weighted by molar-refractivity contribution is 9.10. The predicted molar refractivity (Wildman–Crippen MR) is 73.0 cm³/mol. The molecule has 0 aliphatic rings. The maximum Gasteiger partial charge on any atom is 0.147 e. The molecule has 0 bridgehead atoms. The van der Waals surface area contributed by atoms with Gasteiger partial charge in [0.2, 0.25) is 0 Å². The van der Waals surface area contributed by atoms with Gasteiger partial charge in [-0.15, -0.1) is 0 Å². The van der Waals surface area contributed by atoms with Crippen LogP contribution < -0.4 is 9.64 Å². The van der Waals surface area contributed by atoms with Crippen LogP contribution in [0.25, 0.3) is 0 Å². The Bertz CT molecular complexity index is 499. The largest absolute Gasteiger partial charge is 0.497 e. The number of nitrogens with zero attached hydrogens (tertiary/aromatic N) is 2. The van der Waals surface area contributed by atoms with E-state index in [1.54, 1.807) is 13.3 Å². The molecule has 1 aromatic carbocycles. The molecule has 0 aliphatic heterocycles. The van der Waals surface area contributed by atoms with Gasteiger partial charge < -0.3 is 9.64 Å². The molecule has 1 aromatic heterocycles. The van der Waals surface area contributed by atoms with Crippen molar-refractivity contribution in [3.8, 4) is 5.75 Å². The summed E-state index contributed by atoms with van der Waals surface area (Å²) in [5, 5.41) is 0. The predicted octanol–water partition coefficient (Wildman–Crippen LogP) is 3.62. The maximum atomic E-state index is 5.13. The number of benzene rings is 1. The van der Waals surface area contributed by atoms with E-state index in [9.17, 15) is 0 Å². The van der Waals surface area contributed by atoms with Gasteiger partial charge in [-0.05, 0) is 52.3 Å². The van der Waals surface area contributed by atoms with Gasteiger partial charge in [0.05, 0.1) is 11.6 Å². The minimum atomic E-state index is 0.849. The van der Waals surface area contributed by atoms with Crippen LogP contribution in [-0.4, -0.2) is 19.1 Å². The van der Waals surface area contributed by atoms with Crippen LogP contribution >= 0.6 is 15.9 Å². The zero-order chi connectivity index (χ0) is 12.3. The van der Waals surface area contributed by atoms with Crippen LogP contribution in [0.1, 0.15) is 0 Å². The number of halogens is 1. The van der Waals surface area contributed by atoms with Gasteiger partial charge in [-0.2, -0.15) is 0 Å². The molecule has 0 atom stereocenters. The van der Waals surface area contributed by atoms with Crippen LogP contribution in [0.2, 0.25) is 0 Å². The van der Waals surface area contributed by atoms with E-state index in [4.69, 9.17) is 4.74 Å². The quantitative estimate of drug-likeness (QED) is 0.864. The van der Waals surface area contributed by atoms with Crippen molar-refractivity contribution in [3.05, 3.63) is 47.1 Å². The molecule has 17 heavy (non-hydrogen) atoms. The van der Waals surface area contributed by atoms with Crippen molar-refractivity contribution < 1.29 is 4.74 Å². The molecule has 0 saturated carbocycles. The fourth-order valence-electron chi connectivity index (χ4n) is 1.55. The molecule has 0 unspecified atom stereocenters. The first-order valence-electron chi connectivity index (χ1n) is 5.20. The van der Waals surface area contributed by atoms with E-state index in [0.29, 0.717) is 0 Å². The number of hydrogen-bond donors (Lipinski definition) is 0. The summed E-state index contributed by atoms with van der Waals surface area (Å²) in [5.74, 6) is 1.74. The number of ether oxygens (including phenoxy) is 1. The summed E-state index contributed by atoms with van der Waals surface area (Å²) in [4.78, 5) is 6.36. The second-order valence-corrected chi connectivity index (χ2v) is 4.42. The smallest absolute Gasteiger partial charge is 0.147 e. The number of aromatic nitrogens is 1. The standard InChI is InChI=1S/C13H13BrN2O/c1-16(13-12(14)4-3-9-15-13)10-5-7-11(17-2)8-6-10/h3-9H,1-2H3. The molecule has 0 spiro atoms. The third-order valence-electron chi connectivity index (χ3n) is 2.52. The van der Waals surface area contributed by atoms with Crippen molar-refractivity contribution in [2.75, 3.05) is 19.1 Å². The van der Waals surface area contributed by atoms with Crippen molar-refractivity contribution in [1.82, 2.24) is 4.98 Å². The Labute approximate surface area is 109 Å². The SMILES string of the molecule is COc1ccc(N(C)c2ncccc2Br)cc1. The molecule has 3 nitrogen and oxygen atoms in total. The lowest BCUT2D eigenvalue weighted by Gasteiger charge is -2.19. The summed E-state index contributed by atoms with van der Waals surface area (Å²) in [6, 6.07) is 11.7. The van der Waals surface area contributed by atoms with E-state index in [0.717, 1.165) is 21.7 Å². The van der Waals surface area contributed by atoms with Crippen LogP contribution in [0.15, 0.2) is 47.1 Å². The van der Waals surface area contributed by atoms with Crippen LogP contribution in [0.5, 0.6) is 5.75 Å². The topological polar surface area (TPSA) is 25.4 Å². The van der Waals surface area contributed by atoms with Gasteiger partial charge in [0.25, 0.3) is 0 Å². The molecule has 0 aliphatic carbocycles. The number of rotatable bonds is 3. The lowest BCUT2D eigenvalue weighted by Crippen LogP contribution is -2.11. The van der Waals surface area contributed by atoms with Crippen LogP contribution in [0.3, 0.4) is 0 Å². The molecule has 0 N–H and O–H groups in total. The summed E-state index contributed by atoms with van der Waals surface area (Å²) in [5.41, 5.74) is 1.06. The van der Waals surface area contributed by atoms with E-state index in [2.05, 4.69) is 20.9 Å². The number of methoxy groups -OCH3 is 1. The summed E-state index contributed by atoms with van der Waals surface area (Å²) in [7, 11) is 3.64. The summed E-state index contributed by atoms with van der Waals surface area (Å²) < 4.78 is 6.11. The molecule has 2 aromatic rings. The highest BCUT2D eigenvalue weighted by Crippen LogP contribution is 2.29. The van der Waals surface area contributed by atoms with Crippen LogP contribution in [0, 0.1) is 0 Å². The molecule has 88 valence electrons. The van der Waals surface area contributed by atoms with E-state index < -0.39 is 0 Å². The Hall–Kier alpha value is -1.55. The molecular weight excluding hydrogens is 280 g/mol. The second kappa shape index (κ2) is 5.19. The first-order chi connectivity index (χ1) is 8.22. The Kier molecular flexibility index (Phi) is 3.64. The molecule has 0 fully saturated rings. The summed E-state index contributed by atoms with van der Waals surface area (Å²) in [6.07, 6.45) is 1.78. The van der Waals surface area contributed by atoms with Crippen molar-refractivity contribution in [2.45, 2.75) is 0 Å². The monoisotopic (exact) mass is 292 g/mol. The minimum absolute atomic E-state index is 0.849. The average molecular weight is 293 g/mol. The van der Waals surface area contributed by atoms with E-state index in [-0.39, 0.29) is 0 Å². The van der Waals surface area contributed by atoms with Gasteiger partial charge in [0.15, 0.2) is 0 Å². The van der Waals surface area contributed by atoms with Crippen LogP contribution in [-0.2, 0) is 0 Å². The molecule has 4 heteroatoms. The molecular formula is C13H13BrN2O. The van der Waals surface area contributed by atoms with Crippen molar-refractivity contribution in [3.63, 3.8) is 0 Å². The van der Waals surface area contributed by atoms with Gasteiger partial charge in [0.1, 0.15) is 11.6 Å².